The Morgan fingerprint density at radius 2 is 2.67 bits per heavy atom. The van der Waals surface area contributed by atoms with Gasteiger partial charge in [-0.3, -0.25) is 5.21 Å². The SMILES string of the molecule is ON1C=CON1. The third-order valence-corrected chi connectivity index (χ3v) is 0.416. The van der Waals surface area contributed by atoms with Crippen molar-refractivity contribution in [3.8, 4) is 0 Å². The van der Waals surface area contributed by atoms with E-state index in [1.54, 1.807) is 0 Å². The van der Waals surface area contributed by atoms with Gasteiger partial charge in [0.2, 0.25) is 0 Å². The Balaban J connectivity index is 2.38. The smallest absolute Gasteiger partial charge is 0.133 e. The van der Waals surface area contributed by atoms with Crippen molar-refractivity contribution in [3.63, 3.8) is 0 Å². The van der Waals surface area contributed by atoms with E-state index in [0.29, 0.717) is 5.17 Å². The van der Waals surface area contributed by atoms with E-state index in [2.05, 4.69) is 10.4 Å². The van der Waals surface area contributed by atoms with E-state index in [9.17, 15) is 0 Å². The predicted molar refractivity (Wildman–Crippen MR) is 17.0 cm³/mol. The fraction of sp³-hybridized carbons (Fsp3) is 0. The average Bonchev–Trinajstić information content (AvgIpc) is 1.86. The molecule has 0 radical (unpaired) electrons. The Kier molecular flexibility index (Phi) is 0.664. The third kappa shape index (κ3) is 0.425. The fourth-order valence-corrected chi connectivity index (χ4v) is 0.203. The second-order valence-electron chi connectivity index (χ2n) is 0.839. The average molecular weight is 88.1 g/mol. The minimum Gasteiger partial charge on any atom is -0.393 e. The van der Waals surface area contributed by atoms with Gasteiger partial charge in [0.05, 0.1) is 6.20 Å². The van der Waals surface area contributed by atoms with Gasteiger partial charge in [-0.05, 0) is 5.59 Å². The lowest BCUT2D eigenvalue weighted by Gasteiger charge is -1.99. The Morgan fingerprint density at radius 3 is 2.83 bits per heavy atom. The summed E-state index contributed by atoms with van der Waals surface area (Å²) in [7, 11) is 0. The van der Waals surface area contributed by atoms with Crippen molar-refractivity contribution >= 4 is 0 Å². The summed E-state index contributed by atoms with van der Waals surface area (Å²) in [6.07, 6.45) is 2.65. The summed E-state index contributed by atoms with van der Waals surface area (Å²) in [4.78, 5) is 4.30. The number of nitrogens with zero attached hydrogens (tertiary/aromatic N) is 1. The van der Waals surface area contributed by atoms with Crippen molar-refractivity contribution in [1.29, 1.82) is 0 Å². The molecule has 0 aromatic rings. The minimum atomic E-state index is 0.708. The van der Waals surface area contributed by atoms with Gasteiger partial charge in [-0.15, -0.1) is 0 Å². The topological polar surface area (TPSA) is 44.7 Å². The molecule has 0 atom stereocenters. The van der Waals surface area contributed by atoms with Crippen molar-refractivity contribution in [1.82, 2.24) is 10.8 Å². The van der Waals surface area contributed by atoms with Gasteiger partial charge in [-0.1, -0.05) is 0 Å². The van der Waals surface area contributed by atoms with Crippen LogP contribution >= 0.6 is 0 Å². The zero-order valence-electron chi connectivity index (χ0n) is 2.96. The molecule has 0 aromatic carbocycles. The highest BCUT2D eigenvalue weighted by Crippen LogP contribution is 1.85. The van der Waals surface area contributed by atoms with Gasteiger partial charge in [0.25, 0.3) is 0 Å². The van der Waals surface area contributed by atoms with Crippen LogP contribution in [0.25, 0.3) is 0 Å². The summed E-state index contributed by atoms with van der Waals surface area (Å²) in [5.74, 6) is 0. The molecular weight excluding hydrogens is 84.0 g/mol. The van der Waals surface area contributed by atoms with Crippen molar-refractivity contribution < 1.29 is 10.0 Å². The quantitative estimate of drug-likeness (QED) is 0.423. The maximum Gasteiger partial charge on any atom is 0.133 e. The van der Waals surface area contributed by atoms with Crippen LogP contribution in [-0.2, 0) is 4.84 Å². The summed E-state index contributed by atoms with van der Waals surface area (Å²) >= 11 is 0. The fourth-order valence-electron chi connectivity index (χ4n) is 0.203. The van der Waals surface area contributed by atoms with Crippen LogP contribution in [0.2, 0.25) is 0 Å². The predicted octanol–water partition coefficient (Wildman–Crippen LogP) is -0.401. The normalized spacial score (nSPS) is 18.5. The molecule has 6 heavy (non-hydrogen) atoms. The minimum absolute atomic E-state index is 0.708. The van der Waals surface area contributed by atoms with Gasteiger partial charge >= 0.3 is 0 Å². The van der Waals surface area contributed by atoms with E-state index in [-0.39, 0.29) is 0 Å². The molecule has 0 unspecified atom stereocenters. The molecular formula is C2H4N2O2. The molecule has 0 aromatic heterocycles. The lowest BCUT2D eigenvalue weighted by molar-refractivity contribution is -0.157. The Hall–Kier alpha value is -0.740. The molecule has 1 rings (SSSR count). The van der Waals surface area contributed by atoms with E-state index in [4.69, 9.17) is 5.21 Å². The highest BCUT2D eigenvalue weighted by molar-refractivity contribution is 4.68. The van der Waals surface area contributed by atoms with E-state index < -0.39 is 0 Å². The van der Waals surface area contributed by atoms with Gasteiger partial charge in [0, 0.05) is 0 Å². The first-order valence-corrected chi connectivity index (χ1v) is 1.45. The molecule has 0 saturated heterocycles. The first-order valence-electron chi connectivity index (χ1n) is 1.45. The van der Waals surface area contributed by atoms with Crippen LogP contribution in [0.5, 0.6) is 0 Å². The largest absolute Gasteiger partial charge is 0.393 e. The summed E-state index contributed by atoms with van der Waals surface area (Å²) in [6, 6.07) is 0. The van der Waals surface area contributed by atoms with Gasteiger partial charge in [-0.25, -0.2) is 0 Å². The van der Waals surface area contributed by atoms with Crippen molar-refractivity contribution in [2.75, 3.05) is 0 Å². The maximum atomic E-state index is 8.24. The van der Waals surface area contributed by atoms with Crippen LogP contribution in [0.3, 0.4) is 0 Å². The Labute approximate surface area is 34.5 Å². The first kappa shape index (κ1) is 3.45. The Morgan fingerprint density at radius 1 is 1.83 bits per heavy atom. The monoisotopic (exact) mass is 88.0 g/mol. The van der Waals surface area contributed by atoms with Crippen LogP contribution in [-0.4, -0.2) is 10.4 Å². The molecule has 34 valence electrons. The second-order valence-corrected chi connectivity index (χ2v) is 0.839. The lowest BCUT2D eigenvalue weighted by atomic mass is 11.0. The number of rotatable bonds is 0. The van der Waals surface area contributed by atoms with Crippen LogP contribution < -0.4 is 5.59 Å². The highest BCUT2D eigenvalue weighted by Gasteiger charge is 1.93. The summed E-state index contributed by atoms with van der Waals surface area (Å²) in [5, 5.41) is 8.95. The van der Waals surface area contributed by atoms with Gasteiger partial charge in [0.1, 0.15) is 6.26 Å². The van der Waals surface area contributed by atoms with Crippen molar-refractivity contribution in [2.24, 2.45) is 0 Å². The Bertz CT molecular complexity index is 71.9. The third-order valence-electron chi connectivity index (χ3n) is 0.416. The van der Waals surface area contributed by atoms with Crippen molar-refractivity contribution in [3.05, 3.63) is 12.5 Å². The van der Waals surface area contributed by atoms with E-state index in [0.717, 1.165) is 0 Å². The van der Waals surface area contributed by atoms with E-state index in [1.165, 1.54) is 12.5 Å². The summed E-state index contributed by atoms with van der Waals surface area (Å²) < 4.78 is 0. The maximum absolute atomic E-state index is 8.24. The number of hydrogen-bond donors (Lipinski definition) is 2. The molecule has 4 nitrogen and oxygen atoms in total. The van der Waals surface area contributed by atoms with Gasteiger partial charge < -0.3 is 4.84 Å². The molecule has 0 amide bonds. The highest BCUT2D eigenvalue weighted by atomic mass is 16.8. The van der Waals surface area contributed by atoms with Crippen molar-refractivity contribution in [2.45, 2.75) is 0 Å². The van der Waals surface area contributed by atoms with Crippen LogP contribution in [0.4, 0.5) is 0 Å². The van der Waals surface area contributed by atoms with Gasteiger partial charge in [0.15, 0.2) is 0 Å². The molecule has 4 heteroatoms. The molecule has 2 N–H and O–H groups in total. The zero-order valence-corrected chi connectivity index (χ0v) is 2.96. The molecule has 0 aliphatic carbocycles. The van der Waals surface area contributed by atoms with Crippen LogP contribution in [0, 0.1) is 0 Å². The number of hydrogen-bond acceptors (Lipinski definition) is 4. The molecule has 0 spiro atoms. The molecule has 1 aliphatic heterocycles. The van der Waals surface area contributed by atoms with E-state index in [1.807, 2.05) is 0 Å². The standard InChI is InChI=1S/C2H4N2O2/c5-4-1-2-6-3-4/h1-3,5H. The second kappa shape index (κ2) is 1.16. The van der Waals surface area contributed by atoms with Crippen LogP contribution in [0.1, 0.15) is 0 Å². The first-order chi connectivity index (χ1) is 2.89. The molecule has 0 fully saturated rings. The van der Waals surface area contributed by atoms with Gasteiger partial charge in [-0.2, -0.15) is 5.17 Å². The molecule has 1 aliphatic rings. The zero-order chi connectivity index (χ0) is 4.41. The molecule has 0 saturated carbocycles. The molecule has 0 bridgehead atoms. The number of hydrazine groups is 1. The summed E-state index contributed by atoms with van der Waals surface area (Å²) in [6.45, 7) is 0. The number of hydroxylamine groups is 1. The summed E-state index contributed by atoms with van der Waals surface area (Å²) in [5.41, 5.74) is 2.10. The lowest BCUT2D eigenvalue weighted by Crippen LogP contribution is -2.22. The van der Waals surface area contributed by atoms with E-state index >= 15 is 0 Å². The van der Waals surface area contributed by atoms with Crippen LogP contribution in [0.15, 0.2) is 12.5 Å². The number of nitrogens with one attached hydrogen (secondary N) is 1. The molecule has 1 heterocycles.